The second-order valence-corrected chi connectivity index (χ2v) is 11.3. The van der Waals surface area contributed by atoms with Gasteiger partial charge in [-0.3, -0.25) is 9.44 Å². The monoisotopic (exact) mass is 499 g/mol. The third kappa shape index (κ3) is 8.39. The molecule has 10 nitrogen and oxygen atoms in total. The number of benzene rings is 2. The quantitative estimate of drug-likeness (QED) is 0.319. The number of nitrogens with one attached hydrogen (secondary N) is 3. The molecule has 1 unspecified atom stereocenters. The second-order valence-electron chi connectivity index (χ2n) is 7.72. The van der Waals surface area contributed by atoms with Crippen molar-refractivity contribution in [3.8, 4) is 11.5 Å². The van der Waals surface area contributed by atoms with Gasteiger partial charge in [0.15, 0.2) is 0 Å². The standard InChI is InChI=1S/C21H29N3O7S2/c1-32(26,27)23-16-6-8-18(9-7-16)30-12-3-11-22-14-17(25)15-31-21-5-2-4-20-19(21)10-13-33(28,29)24-20/h2,4-9,17,22-25H,3,10-15H2,1H3. The molecular formula is C21H29N3O7S2. The molecule has 0 saturated heterocycles. The van der Waals surface area contributed by atoms with Gasteiger partial charge in [-0.15, -0.1) is 0 Å². The van der Waals surface area contributed by atoms with Crippen LogP contribution in [-0.2, 0) is 26.5 Å². The van der Waals surface area contributed by atoms with Crippen molar-refractivity contribution < 1.29 is 31.4 Å². The minimum Gasteiger partial charge on any atom is -0.494 e. The minimum atomic E-state index is -3.31. The summed E-state index contributed by atoms with van der Waals surface area (Å²) in [6.07, 6.45) is 1.45. The lowest BCUT2D eigenvalue weighted by Crippen LogP contribution is -2.32. The fourth-order valence-corrected chi connectivity index (χ4v) is 4.91. The summed E-state index contributed by atoms with van der Waals surface area (Å²) in [5.41, 5.74) is 1.79. The Hall–Kier alpha value is -2.54. The van der Waals surface area contributed by atoms with Crippen molar-refractivity contribution >= 4 is 31.4 Å². The van der Waals surface area contributed by atoms with Crippen molar-refractivity contribution in [2.45, 2.75) is 18.9 Å². The zero-order valence-electron chi connectivity index (χ0n) is 18.3. The zero-order valence-corrected chi connectivity index (χ0v) is 19.9. The fourth-order valence-electron chi connectivity index (χ4n) is 3.24. The molecule has 33 heavy (non-hydrogen) atoms. The van der Waals surface area contributed by atoms with Gasteiger partial charge in [-0.25, -0.2) is 16.8 Å². The van der Waals surface area contributed by atoms with Gasteiger partial charge in [0.1, 0.15) is 24.2 Å². The van der Waals surface area contributed by atoms with Crippen LogP contribution in [0.25, 0.3) is 0 Å². The van der Waals surface area contributed by atoms with Gasteiger partial charge in [-0.2, -0.15) is 0 Å². The lowest BCUT2D eigenvalue weighted by molar-refractivity contribution is 0.105. The molecular weight excluding hydrogens is 470 g/mol. The van der Waals surface area contributed by atoms with E-state index in [1.54, 1.807) is 42.5 Å². The summed E-state index contributed by atoms with van der Waals surface area (Å²) in [7, 11) is -6.60. The molecule has 0 aliphatic carbocycles. The van der Waals surface area contributed by atoms with E-state index in [0.717, 1.165) is 11.8 Å². The molecule has 0 radical (unpaired) electrons. The molecule has 0 saturated carbocycles. The Morgan fingerprint density at radius 1 is 1.15 bits per heavy atom. The van der Waals surface area contributed by atoms with Crippen molar-refractivity contribution in [1.29, 1.82) is 0 Å². The average Bonchev–Trinajstić information content (AvgIpc) is 2.73. The van der Waals surface area contributed by atoms with Crippen molar-refractivity contribution in [1.82, 2.24) is 5.32 Å². The molecule has 12 heteroatoms. The van der Waals surface area contributed by atoms with Crippen LogP contribution in [-0.4, -0.2) is 66.4 Å². The smallest absolute Gasteiger partial charge is 0.233 e. The number of aliphatic hydroxyl groups is 1. The van der Waals surface area contributed by atoms with Crippen LogP contribution in [0, 0.1) is 0 Å². The van der Waals surface area contributed by atoms with E-state index in [9.17, 15) is 21.9 Å². The molecule has 0 spiro atoms. The third-order valence-corrected chi connectivity index (χ3v) is 6.63. The Morgan fingerprint density at radius 3 is 2.64 bits per heavy atom. The number of sulfonamides is 2. The van der Waals surface area contributed by atoms with Crippen LogP contribution in [0.15, 0.2) is 42.5 Å². The van der Waals surface area contributed by atoms with Gasteiger partial charge in [0.25, 0.3) is 0 Å². The van der Waals surface area contributed by atoms with Gasteiger partial charge in [-0.1, -0.05) is 6.07 Å². The lowest BCUT2D eigenvalue weighted by atomic mass is 10.1. The molecule has 1 aliphatic heterocycles. The summed E-state index contributed by atoms with van der Waals surface area (Å²) in [5, 5.41) is 13.3. The normalized spacial score (nSPS) is 15.7. The van der Waals surface area contributed by atoms with Crippen molar-refractivity contribution in [2.24, 2.45) is 0 Å². The SMILES string of the molecule is CS(=O)(=O)Nc1ccc(OCCCNCC(O)COc2cccc3c2CCS(=O)(=O)N3)cc1. The first-order valence-corrected chi connectivity index (χ1v) is 14.0. The number of fused-ring (bicyclic) bond motifs is 1. The van der Waals surface area contributed by atoms with Gasteiger partial charge in [0, 0.05) is 17.8 Å². The van der Waals surface area contributed by atoms with E-state index < -0.39 is 26.2 Å². The molecule has 182 valence electrons. The van der Waals surface area contributed by atoms with Gasteiger partial charge >= 0.3 is 0 Å². The molecule has 0 aromatic heterocycles. The number of rotatable bonds is 12. The molecule has 3 rings (SSSR count). The van der Waals surface area contributed by atoms with Crippen LogP contribution >= 0.6 is 0 Å². The molecule has 1 aliphatic rings. The van der Waals surface area contributed by atoms with Gasteiger partial charge in [0.05, 0.1) is 24.3 Å². The highest BCUT2D eigenvalue weighted by atomic mass is 32.2. The predicted octanol–water partition coefficient (Wildman–Crippen LogP) is 1.15. The topological polar surface area (TPSA) is 143 Å². The molecule has 0 amide bonds. The van der Waals surface area contributed by atoms with Crippen molar-refractivity contribution in [3.63, 3.8) is 0 Å². The van der Waals surface area contributed by atoms with Crippen LogP contribution in [0.3, 0.4) is 0 Å². The van der Waals surface area contributed by atoms with E-state index in [1.165, 1.54) is 0 Å². The van der Waals surface area contributed by atoms with E-state index in [0.29, 0.717) is 55.4 Å². The summed E-state index contributed by atoms with van der Waals surface area (Å²) < 4.78 is 62.0. The Balaban J connectivity index is 1.31. The van der Waals surface area contributed by atoms with Crippen LogP contribution in [0.4, 0.5) is 11.4 Å². The first-order chi connectivity index (χ1) is 15.6. The number of hydrogen-bond donors (Lipinski definition) is 4. The number of aliphatic hydroxyl groups excluding tert-OH is 1. The van der Waals surface area contributed by atoms with Gasteiger partial charge < -0.3 is 19.9 Å². The number of anilines is 2. The van der Waals surface area contributed by atoms with Crippen LogP contribution in [0.5, 0.6) is 11.5 Å². The summed E-state index contributed by atoms with van der Waals surface area (Å²) in [4.78, 5) is 0. The Bertz CT molecular complexity index is 1140. The molecule has 0 bridgehead atoms. The first kappa shape index (κ1) is 25.1. The summed E-state index contributed by atoms with van der Waals surface area (Å²) in [5.74, 6) is 1.21. The van der Waals surface area contributed by atoms with Crippen LogP contribution < -0.4 is 24.2 Å². The molecule has 1 atom stereocenters. The van der Waals surface area contributed by atoms with E-state index in [4.69, 9.17) is 9.47 Å². The maximum atomic E-state index is 11.7. The predicted molar refractivity (Wildman–Crippen MR) is 127 cm³/mol. The summed E-state index contributed by atoms with van der Waals surface area (Å²) in [6, 6.07) is 11.8. The lowest BCUT2D eigenvalue weighted by Gasteiger charge is -2.22. The summed E-state index contributed by atoms with van der Waals surface area (Å²) >= 11 is 0. The van der Waals surface area contributed by atoms with Crippen LogP contribution in [0.2, 0.25) is 0 Å². The summed E-state index contributed by atoms with van der Waals surface area (Å²) in [6.45, 7) is 1.52. The average molecular weight is 500 g/mol. The second kappa shape index (κ2) is 11.1. The molecule has 0 fully saturated rings. The first-order valence-electron chi connectivity index (χ1n) is 10.5. The van der Waals surface area contributed by atoms with E-state index in [-0.39, 0.29) is 12.4 Å². The van der Waals surface area contributed by atoms with Crippen LogP contribution in [0.1, 0.15) is 12.0 Å². The zero-order chi connectivity index (χ0) is 23.9. The Morgan fingerprint density at radius 2 is 1.91 bits per heavy atom. The number of ether oxygens (including phenoxy) is 2. The van der Waals surface area contributed by atoms with Gasteiger partial charge in [-0.05, 0) is 55.8 Å². The van der Waals surface area contributed by atoms with E-state index >= 15 is 0 Å². The third-order valence-electron chi connectivity index (χ3n) is 4.75. The highest BCUT2D eigenvalue weighted by Crippen LogP contribution is 2.31. The maximum Gasteiger partial charge on any atom is 0.233 e. The van der Waals surface area contributed by atoms with E-state index in [2.05, 4.69) is 14.8 Å². The molecule has 4 N–H and O–H groups in total. The highest BCUT2D eigenvalue weighted by Gasteiger charge is 2.23. The van der Waals surface area contributed by atoms with Gasteiger partial charge in [0.2, 0.25) is 20.0 Å². The molecule has 2 aromatic rings. The molecule has 1 heterocycles. The Labute approximate surface area is 194 Å². The largest absolute Gasteiger partial charge is 0.494 e. The van der Waals surface area contributed by atoms with Crippen molar-refractivity contribution in [2.75, 3.05) is 47.8 Å². The Kier molecular flexibility index (Phi) is 8.40. The molecule has 2 aromatic carbocycles. The van der Waals surface area contributed by atoms with E-state index in [1.807, 2.05) is 0 Å². The maximum absolute atomic E-state index is 11.7. The van der Waals surface area contributed by atoms with Crippen molar-refractivity contribution in [3.05, 3.63) is 48.0 Å². The minimum absolute atomic E-state index is 0.00817. The highest BCUT2D eigenvalue weighted by molar-refractivity contribution is 7.92. The fraction of sp³-hybridized carbons (Fsp3) is 0.429. The number of hydrogen-bond acceptors (Lipinski definition) is 8.